The molecule has 7 atom stereocenters. The topological polar surface area (TPSA) is 237 Å². The van der Waals surface area contributed by atoms with Gasteiger partial charge in [0.2, 0.25) is 0 Å². The zero-order valence-corrected chi connectivity index (χ0v) is 62.5. The fraction of sp³-hybridized carbons (Fsp3) is 0.946. The smallest absolute Gasteiger partial charge is 0.462 e. The summed E-state index contributed by atoms with van der Waals surface area (Å²) >= 11 is 0. The zero-order chi connectivity index (χ0) is 68.7. The van der Waals surface area contributed by atoms with Crippen LogP contribution in [0.25, 0.3) is 0 Å². The van der Waals surface area contributed by atoms with Gasteiger partial charge >= 0.3 is 39.5 Å². The van der Waals surface area contributed by atoms with Crippen LogP contribution in [0.3, 0.4) is 0 Å². The highest BCUT2D eigenvalue weighted by Gasteiger charge is 2.30. The van der Waals surface area contributed by atoms with Crippen LogP contribution in [0.4, 0.5) is 0 Å². The molecule has 0 aliphatic carbocycles. The summed E-state index contributed by atoms with van der Waals surface area (Å²) in [6.45, 7) is 11.8. The monoisotopic (exact) mass is 1370 g/mol. The average molecular weight is 1370 g/mol. The van der Waals surface area contributed by atoms with Crippen molar-refractivity contribution in [1.29, 1.82) is 0 Å². The second kappa shape index (κ2) is 64.7. The molecule has 0 radical (unpaired) electrons. The summed E-state index contributed by atoms with van der Waals surface area (Å²) in [4.78, 5) is 72.6. The first-order chi connectivity index (χ1) is 44.8. The maximum absolute atomic E-state index is 13.0. The number of rotatable bonds is 72. The van der Waals surface area contributed by atoms with Crippen molar-refractivity contribution < 1.29 is 80.2 Å². The van der Waals surface area contributed by atoms with E-state index >= 15 is 0 Å². The quantitative estimate of drug-likeness (QED) is 0.0222. The molecule has 4 unspecified atom stereocenters. The van der Waals surface area contributed by atoms with E-state index in [4.69, 9.17) is 37.0 Å². The summed E-state index contributed by atoms with van der Waals surface area (Å²) in [6, 6.07) is 0. The number of carbonyl (C=O) groups excluding carboxylic acids is 4. The van der Waals surface area contributed by atoms with E-state index in [2.05, 4.69) is 48.5 Å². The fourth-order valence-corrected chi connectivity index (χ4v) is 12.8. The largest absolute Gasteiger partial charge is 0.472 e. The second-order valence-corrected chi connectivity index (χ2v) is 30.6. The van der Waals surface area contributed by atoms with Crippen molar-refractivity contribution in [2.75, 3.05) is 39.6 Å². The Kier molecular flexibility index (Phi) is 63.4. The highest BCUT2D eigenvalue weighted by Crippen LogP contribution is 2.45. The van der Waals surface area contributed by atoms with E-state index in [0.717, 1.165) is 108 Å². The Balaban J connectivity index is 5.16. The number of esters is 4. The molecule has 93 heavy (non-hydrogen) atoms. The minimum absolute atomic E-state index is 0.102. The molecule has 0 aliphatic rings. The summed E-state index contributed by atoms with van der Waals surface area (Å²) < 4.78 is 68.3. The lowest BCUT2D eigenvalue weighted by Gasteiger charge is -2.21. The van der Waals surface area contributed by atoms with Gasteiger partial charge < -0.3 is 33.8 Å². The first-order valence-electron chi connectivity index (χ1n) is 38.4. The lowest BCUT2D eigenvalue weighted by atomic mass is 9.99. The third kappa shape index (κ3) is 65.8. The minimum Gasteiger partial charge on any atom is -0.462 e. The molecule has 0 saturated heterocycles. The van der Waals surface area contributed by atoms with Gasteiger partial charge in [0, 0.05) is 25.7 Å². The average Bonchev–Trinajstić information content (AvgIpc) is 2.57. The van der Waals surface area contributed by atoms with Crippen LogP contribution in [0, 0.1) is 17.8 Å². The van der Waals surface area contributed by atoms with Gasteiger partial charge in [-0.15, -0.1) is 0 Å². The summed E-state index contributed by atoms with van der Waals surface area (Å²) in [7, 11) is -9.90. The van der Waals surface area contributed by atoms with Crippen LogP contribution in [-0.2, 0) is 65.4 Å². The molecule has 0 aromatic heterocycles. The van der Waals surface area contributed by atoms with Gasteiger partial charge in [0.25, 0.3) is 0 Å². The number of hydrogen-bond acceptors (Lipinski definition) is 15. The normalized spacial score (nSPS) is 14.7. The molecule has 0 amide bonds. The van der Waals surface area contributed by atoms with Crippen LogP contribution in [0.15, 0.2) is 0 Å². The number of aliphatic hydroxyl groups excluding tert-OH is 1. The first kappa shape index (κ1) is 91.1. The van der Waals surface area contributed by atoms with E-state index in [1.54, 1.807) is 0 Å². The zero-order valence-electron chi connectivity index (χ0n) is 60.7. The predicted molar refractivity (Wildman–Crippen MR) is 377 cm³/mol. The molecule has 0 aromatic rings. The molecule has 0 aliphatic heterocycles. The lowest BCUT2D eigenvalue weighted by molar-refractivity contribution is -0.161. The Morgan fingerprint density at radius 3 is 0.817 bits per heavy atom. The second-order valence-electron chi connectivity index (χ2n) is 27.6. The number of aliphatic hydroxyl groups is 1. The number of unbranched alkanes of at least 4 members (excludes halogenated alkanes) is 38. The van der Waals surface area contributed by atoms with E-state index < -0.39 is 97.5 Å². The Morgan fingerprint density at radius 1 is 0.312 bits per heavy atom. The molecular weight excluding hydrogens is 1220 g/mol. The van der Waals surface area contributed by atoms with Gasteiger partial charge in [-0.25, -0.2) is 9.13 Å². The highest BCUT2D eigenvalue weighted by atomic mass is 31.2. The molecular formula is C74H144O17P2. The summed E-state index contributed by atoms with van der Waals surface area (Å²) in [6.07, 6.45) is 50.2. The van der Waals surface area contributed by atoms with E-state index in [0.29, 0.717) is 31.6 Å². The van der Waals surface area contributed by atoms with Crippen molar-refractivity contribution in [3.63, 3.8) is 0 Å². The van der Waals surface area contributed by atoms with E-state index in [9.17, 15) is 43.2 Å². The van der Waals surface area contributed by atoms with Crippen LogP contribution in [0.2, 0.25) is 0 Å². The minimum atomic E-state index is -4.95. The van der Waals surface area contributed by atoms with Gasteiger partial charge in [0.1, 0.15) is 19.3 Å². The Bertz CT molecular complexity index is 1820. The molecule has 0 saturated carbocycles. The van der Waals surface area contributed by atoms with Gasteiger partial charge in [-0.3, -0.25) is 37.3 Å². The van der Waals surface area contributed by atoms with Crippen molar-refractivity contribution in [3.8, 4) is 0 Å². The number of ether oxygens (including phenoxy) is 4. The van der Waals surface area contributed by atoms with Gasteiger partial charge in [-0.1, -0.05) is 325 Å². The number of hydrogen-bond donors (Lipinski definition) is 3. The van der Waals surface area contributed by atoms with Crippen molar-refractivity contribution in [2.45, 2.75) is 394 Å². The SMILES string of the molecule is CCCCCCCCCCCCCC(=O)OC[C@H](COP(=O)(O)OC[C@@H](O)COP(=O)(O)OC[C@@H](COC(=O)CCCCCCCCC(C)CC)OC(=O)CCCCCCCCCC(C)C)OC(=O)CCCCCCCCCCCCCCCCCCCCC(C)CC. The first-order valence-corrected chi connectivity index (χ1v) is 41.4. The van der Waals surface area contributed by atoms with Crippen molar-refractivity contribution in [3.05, 3.63) is 0 Å². The summed E-state index contributed by atoms with van der Waals surface area (Å²) in [5, 5.41) is 10.6. The standard InChI is InChI=1S/C74H144O17P2/c1-8-11-12-13-14-15-24-28-33-41-48-55-71(76)84-61-69(90-73(78)57-50-43-34-29-26-23-21-19-17-16-18-20-22-25-27-32-39-46-53-66(6)9-2)63-88-92(80,81)86-59-68(75)60-87-93(82,83)89-64-70(91-74(79)58-51-44-35-30-31-38-45-52-65(4)5)62-85-72(77)56-49-42-37-36-40-47-54-67(7)10-3/h65-70,75H,8-64H2,1-7H3,(H,80,81)(H,82,83)/t66?,67?,68-,69-,70-/m1/s1. The van der Waals surface area contributed by atoms with E-state index in [-0.39, 0.29) is 25.7 Å². The van der Waals surface area contributed by atoms with Gasteiger partial charge in [0.05, 0.1) is 26.4 Å². The third-order valence-corrected chi connectivity index (χ3v) is 19.8. The number of phosphoric acid groups is 2. The predicted octanol–water partition coefficient (Wildman–Crippen LogP) is 21.4. The maximum Gasteiger partial charge on any atom is 0.472 e. The third-order valence-electron chi connectivity index (χ3n) is 17.9. The molecule has 3 N–H and O–H groups in total. The number of carbonyl (C=O) groups is 4. The van der Waals surface area contributed by atoms with Gasteiger partial charge in [0.15, 0.2) is 12.2 Å². The molecule has 0 fully saturated rings. The molecule has 0 aromatic carbocycles. The van der Waals surface area contributed by atoms with Crippen LogP contribution in [-0.4, -0.2) is 96.7 Å². The van der Waals surface area contributed by atoms with Crippen molar-refractivity contribution in [2.24, 2.45) is 17.8 Å². The Hall–Kier alpha value is -1.94. The Labute approximate surface area is 568 Å². The highest BCUT2D eigenvalue weighted by molar-refractivity contribution is 7.47. The van der Waals surface area contributed by atoms with Crippen molar-refractivity contribution >= 4 is 39.5 Å². The molecule has 0 bridgehead atoms. The maximum atomic E-state index is 13.0. The molecule has 552 valence electrons. The fourth-order valence-electron chi connectivity index (χ4n) is 11.2. The molecule has 0 rings (SSSR count). The molecule has 0 spiro atoms. The van der Waals surface area contributed by atoms with Crippen LogP contribution < -0.4 is 0 Å². The van der Waals surface area contributed by atoms with Crippen LogP contribution in [0.5, 0.6) is 0 Å². The van der Waals surface area contributed by atoms with Gasteiger partial charge in [-0.2, -0.15) is 0 Å². The number of phosphoric ester groups is 2. The summed E-state index contributed by atoms with van der Waals surface area (Å²) in [5.41, 5.74) is 0. The van der Waals surface area contributed by atoms with E-state index in [1.807, 2.05) is 0 Å². The Morgan fingerprint density at radius 2 is 0.548 bits per heavy atom. The molecule has 19 heteroatoms. The van der Waals surface area contributed by atoms with Gasteiger partial charge in [-0.05, 0) is 43.4 Å². The van der Waals surface area contributed by atoms with Crippen molar-refractivity contribution in [1.82, 2.24) is 0 Å². The molecule has 17 nitrogen and oxygen atoms in total. The summed E-state index contributed by atoms with van der Waals surface area (Å²) in [5.74, 6) is 0.173. The van der Waals surface area contributed by atoms with Crippen LogP contribution in [0.1, 0.15) is 376 Å². The van der Waals surface area contributed by atoms with Crippen LogP contribution >= 0.6 is 15.6 Å². The molecule has 0 heterocycles. The van der Waals surface area contributed by atoms with E-state index in [1.165, 1.54) is 180 Å². The lowest BCUT2D eigenvalue weighted by Crippen LogP contribution is -2.30.